The van der Waals surface area contributed by atoms with Crippen molar-refractivity contribution in [3.8, 4) is 11.5 Å². The molecule has 44 heavy (non-hydrogen) atoms. The maximum Gasteiger partial charge on any atom is 0.318 e. The van der Waals surface area contributed by atoms with Crippen LogP contribution >= 0.6 is 0 Å². The van der Waals surface area contributed by atoms with Gasteiger partial charge in [-0.2, -0.15) is 8.61 Å². The molecule has 0 aliphatic carbocycles. The summed E-state index contributed by atoms with van der Waals surface area (Å²) in [5.41, 5.74) is 0.588. The Morgan fingerprint density at radius 2 is 0.955 bits per heavy atom. The Morgan fingerprint density at radius 1 is 0.614 bits per heavy atom. The van der Waals surface area contributed by atoms with E-state index in [1.54, 1.807) is 36.4 Å². The monoisotopic (exact) mass is 642 g/mol. The first kappa shape index (κ1) is 32.4. The molecule has 2 N–H and O–H groups in total. The Labute approximate surface area is 254 Å². The zero-order chi connectivity index (χ0) is 32.1. The third-order valence-electron chi connectivity index (χ3n) is 6.78. The molecule has 0 spiro atoms. The summed E-state index contributed by atoms with van der Waals surface area (Å²) in [4.78, 5) is 23.3. The summed E-state index contributed by atoms with van der Waals surface area (Å²) in [6.45, 7) is -2.65. The number of aliphatic carboxylic acids is 2. The minimum absolute atomic E-state index is 0.170. The number of ether oxygens (including phenoxy) is 2. The van der Waals surface area contributed by atoms with E-state index in [9.17, 15) is 36.6 Å². The number of benzene rings is 4. The molecule has 0 unspecified atom stereocenters. The number of sulfonamides is 2. The van der Waals surface area contributed by atoms with E-state index < -0.39 is 58.2 Å². The Kier molecular flexibility index (Phi) is 9.89. The molecule has 0 fully saturated rings. The predicted molar refractivity (Wildman–Crippen MR) is 160 cm³/mol. The smallest absolute Gasteiger partial charge is 0.318 e. The van der Waals surface area contributed by atoms with Gasteiger partial charge < -0.3 is 19.7 Å². The van der Waals surface area contributed by atoms with Crippen molar-refractivity contribution in [1.29, 1.82) is 0 Å². The molecule has 0 bridgehead atoms. The Balaban J connectivity index is 1.81. The van der Waals surface area contributed by atoms with Crippen LogP contribution in [-0.2, 0) is 42.7 Å². The Morgan fingerprint density at radius 3 is 1.25 bits per heavy atom. The van der Waals surface area contributed by atoms with Crippen LogP contribution in [-0.4, -0.2) is 74.9 Å². The van der Waals surface area contributed by atoms with Gasteiger partial charge in [0.25, 0.3) is 0 Å². The lowest BCUT2D eigenvalue weighted by Crippen LogP contribution is -2.37. The molecule has 0 saturated carbocycles. The molecule has 4 aromatic rings. The van der Waals surface area contributed by atoms with Crippen LogP contribution in [0.15, 0.2) is 94.7 Å². The molecule has 0 heterocycles. The summed E-state index contributed by atoms with van der Waals surface area (Å²) in [6, 6.07) is 21.2. The highest BCUT2D eigenvalue weighted by molar-refractivity contribution is 7.89. The van der Waals surface area contributed by atoms with Gasteiger partial charge >= 0.3 is 11.9 Å². The lowest BCUT2D eigenvalue weighted by atomic mass is 10.0. The van der Waals surface area contributed by atoms with Crippen molar-refractivity contribution < 1.29 is 46.1 Å². The van der Waals surface area contributed by atoms with Crippen LogP contribution in [0.1, 0.15) is 11.1 Å². The summed E-state index contributed by atoms with van der Waals surface area (Å²) < 4.78 is 66.3. The average molecular weight is 643 g/mol. The number of carboxylic acids is 2. The number of carboxylic acid groups (broad SMARTS) is 2. The maximum atomic E-state index is 13.6. The van der Waals surface area contributed by atoms with Crippen molar-refractivity contribution in [3.63, 3.8) is 0 Å². The molecule has 0 amide bonds. The van der Waals surface area contributed by atoms with Crippen molar-refractivity contribution in [2.75, 3.05) is 27.3 Å². The molecular weight excluding hydrogens is 612 g/mol. The van der Waals surface area contributed by atoms with Crippen LogP contribution in [0.25, 0.3) is 10.8 Å². The molecule has 14 heteroatoms. The van der Waals surface area contributed by atoms with Crippen LogP contribution in [0.4, 0.5) is 0 Å². The first-order chi connectivity index (χ1) is 20.8. The standard InChI is InChI=1S/C30H30N2O10S2/c1-41-25-7-11-27(12-8-25)43(37,38)31(19-29(33)34)17-23-15-21-5-3-4-6-22(21)16-24(23)18-32(20-30(35)36)44(39,40)28-13-9-26(42-2)10-14-28/h3-16H,17-20H2,1-2H3,(H,33,34)(H,35,36). The molecule has 0 aliphatic rings. The highest BCUT2D eigenvalue weighted by atomic mass is 32.2. The quantitative estimate of drug-likeness (QED) is 0.208. The van der Waals surface area contributed by atoms with Gasteiger partial charge in [-0.1, -0.05) is 24.3 Å². The number of nitrogens with zero attached hydrogens (tertiary/aromatic N) is 2. The minimum atomic E-state index is -4.36. The molecule has 0 saturated heterocycles. The summed E-state index contributed by atoms with van der Waals surface area (Å²) >= 11 is 0. The van der Waals surface area contributed by atoms with Crippen molar-refractivity contribution in [1.82, 2.24) is 8.61 Å². The number of hydrogen-bond acceptors (Lipinski definition) is 8. The lowest BCUT2D eigenvalue weighted by molar-refractivity contribution is -0.138. The third kappa shape index (κ3) is 7.34. The van der Waals surface area contributed by atoms with Crippen molar-refractivity contribution in [2.24, 2.45) is 0 Å². The van der Waals surface area contributed by atoms with E-state index in [-0.39, 0.29) is 9.79 Å². The predicted octanol–water partition coefficient (Wildman–Crippen LogP) is 3.41. The Hall–Kier alpha value is -4.50. The number of rotatable bonds is 14. The molecule has 0 radical (unpaired) electrons. The average Bonchev–Trinajstić information content (AvgIpc) is 3.00. The van der Waals surface area contributed by atoms with Crippen LogP contribution in [0.3, 0.4) is 0 Å². The van der Waals surface area contributed by atoms with E-state index in [1.807, 2.05) is 0 Å². The van der Waals surface area contributed by atoms with Crippen LogP contribution in [0.2, 0.25) is 0 Å². The molecular formula is C30H30N2O10S2. The van der Waals surface area contributed by atoms with Gasteiger partial charge in [-0.05, 0) is 82.6 Å². The largest absolute Gasteiger partial charge is 0.497 e. The molecule has 4 aromatic carbocycles. The third-order valence-corrected chi connectivity index (χ3v) is 10.4. The fraction of sp³-hybridized carbons (Fsp3) is 0.200. The van der Waals surface area contributed by atoms with Crippen molar-refractivity contribution >= 4 is 42.8 Å². The second kappa shape index (κ2) is 13.4. The van der Waals surface area contributed by atoms with Gasteiger partial charge in [0.1, 0.15) is 24.6 Å². The molecule has 0 aromatic heterocycles. The zero-order valence-corrected chi connectivity index (χ0v) is 25.4. The van der Waals surface area contributed by atoms with E-state index >= 15 is 0 Å². The van der Waals surface area contributed by atoms with Gasteiger partial charge in [-0.3, -0.25) is 9.59 Å². The van der Waals surface area contributed by atoms with Crippen molar-refractivity contribution in [3.05, 3.63) is 96.1 Å². The first-order valence-corrected chi connectivity index (χ1v) is 16.0. The number of hydrogen-bond donors (Lipinski definition) is 2. The lowest BCUT2D eigenvalue weighted by Gasteiger charge is -2.25. The first-order valence-electron chi connectivity index (χ1n) is 13.1. The highest BCUT2D eigenvalue weighted by Crippen LogP contribution is 2.28. The van der Waals surface area contributed by atoms with Gasteiger partial charge in [0.05, 0.1) is 24.0 Å². The highest BCUT2D eigenvalue weighted by Gasteiger charge is 2.31. The van der Waals surface area contributed by atoms with Gasteiger partial charge in [0.15, 0.2) is 0 Å². The Bertz CT molecular complexity index is 1740. The fourth-order valence-corrected chi connectivity index (χ4v) is 7.29. The van der Waals surface area contributed by atoms with Gasteiger partial charge in [-0.15, -0.1) is 0 Å². The number of fused-ring (bicyclic) bond motifs is 1. The van der Waals surface area contributed by atoms with Crippen LogP contribution in [0.5, 0.6) is 11.5 Å². The maximum absolute atomic E-state index is 13.6. The molecule has 232 valence electrons. The van der Waals surface area contributed by atoms with Gasteiger partial charge in [0.2, 0.25) is 20.0 Å². The summed E-state index contributed by atoms with van der Waals surface area (Å²) in [5, 5.41) is 20.6. The number of methoxy groups -OCH3 is 2. The van der Waals surface area contributed by atoms with E-state index in [0.717, 1.165) is 8.61 Å². The normalized spacial score (nSPS) is 12.0. The van der Waals surface area contributed by atoms with Crippen LogP contribution in [0, 0.1) is 0 Å². The fourth-order valence-electron chi connectivity index (χ4n) is 4.56. The van der Waals surface area contributed by atoms with Crippen molar-refractivity contribution in [2.45, 2.75) is 22.9 Å². The summed E-state index contributed by atoms with van der Waals surface area (Å²) in [5.74, 6) is -2.00. The number of carbonyl (C=O) groups is 2. The zero-order valence-electron chi connectivity index (χ0n) is 23.8. The molecule has 12 nitrogen and oxygen atoms in total. The second-order valence-corrected chi connectivity index (χ2v) is 13.5. The minimum Gasteiger partial charge on any atom is -0.497 e. The van der Waals surface area contributed by atoms with E-state index in [2.05, 4.69) is 0 Å². The molecule has 4 rings (SSSR count). The van der Waals surface area contributed by atoms with Gasteiger partial charge in [-0.25, -0.2) is 16.8 Å². The van der Waals surface area contributed by atoms with E-state index in [1.165, 1.54) is 62.8 Å². The van der Waals surface area contributed by atoms with E-state index in [4.69, 9.17) is 9.47 Å². The SMILES string of the molecule is COc1ccc(S(=O)(=O)N(CC(=O)O)Cc2cc3ccccc3cc2CN(CC(=O)O)S(=O)(=O)c2ccc(OC)cc2)cc1. The second-order valence-electron chi connectivity index (χ2n) is 9.65. The topological polar surface area (TPSA) is 168 Å². The molecule has 0 atom stereocenters. The summed E-state index contributed by atoms with van der Waals surface area (Å²) in [6.07, 6.45) is 0. The van der Waals surface area contributed by atoms with Gasteiger partial charge in [0, 0.05) is 13.1 Å². The molecule has 0 aliphatic heterocycles. The van der Waals surface area contributed by atoms with Crippen LogP contribution < -0.4 is 9.47 Å². The van der Waals surface area contributed by atoms with E-state index in [0.29, 0.717) is 33.4 Å². The summed E-state index contributed by atoms with van der Waals surface area (Å²) in [7, 11) is -5.87.